The Kier molecular flexibility index (Phi) is 4.08. The van der Waals surface area contributed by atoms with Crippen LogP contribution in [0.1, 0.15) is 38.8 Å². The smallest absolute Gasteiger partial charge is 0.106 e. The zero-order chi connectivity index (χ0) is 16.6. The van der Waals surface area contributed by atoms with Gasteiger partial charge in [0, 0.05) is 11.5 Å². The van der Waals surface area contributed by atoms with E-state index in [-0.39, 0.29) is 0 Å². The molecule has 1 unspecified atom stereocenters. The molecule has 2 aromatic rings. The zero-order valence-corrected chi connectivity index (χ0v) is 14.5. The maximum atomic E-state index is 4.95. The van der Waals surface area contributed by atoms with Crippen LogP contribution < -0.4 is 0 Å². The van der Waals surface area contributed by atoms with Gasteiger partial charge in [-0.05, 0) is 53.8 Å². The largest absolute Gasteiger partial charge is 0.399 e. The van der Waals surface area contributed by atoms with Crippen LogP contribution in [-0.4, -0.2) is 13.3 Å². The molecule has 0 N–H and O–H groups in total. The van der Waals surface area contributed by atoms with Gasteiger partial charge in [0.05, 0.1) is 6.21 Å². The minimum Gasteiger partial charge on any atom is -0.399 e. The number of rotatable bonds is 3. The van der Waals surface area contributed by atoms with E-state index < -0.39 is 0 Å². The van der Waals surface area contributed by atoms with E-state index in [9.17, 15) is 0 Å². The van der Waals surface area contributed by atoms with Gasteiger partial charge < -0.3 is 4.84 Å². The predicted molar refractivity (Wildman–Crippen MR) is 98.7 cm³/mol. The Labute approximate surface area is 138 Å². The molecule has 0 amide bonds. The van der Waals surface area contributed by atoms with E-state index >= 15 is 0 Å². The number of benzene rings is 2. The normalized spacial score (nSPS) is 18.6. The highest BCUT2D eigenvalue weighted by Crippen LogP contribution is 2.44. The average Bonchev–Trinajstić information content (AvgIpc) is 2.76. The Morgan fingerprint density at radius 1 is 1.00 bits per heavy atom. The summed E-state index contributed by atoms with van der Waals surface area (Å²) in [7, 11) is 1.58. The van der Waals surface area contributed by atoms with Crippen molar-refractivity contribution >= 4 is 22.6 Å². The Morgan fingerprint density at radius 2 is 1.74 bits per heavy atom. The summed E-state index contributed by atoms with van der Waals surface area (Å²) in [4.78, 5) is 4.95. The van der Waals surface area contributed by atoms with Crippen LogP contribution in [0.3, 0.4) is 0 Å². The summed E-state index contributed by atoms with van der Waals surface area (Å²) >= 11 is 0. The van der Waals surface area contributed by atoms with Crippen molar-refractivity contribution in [3.63, 3.8) is 0 Å². The fraction of sp³-hybridized carbons (Fsp3) is 0.286. The van der Waals surface area contributed by atoms with Crippen LogP contribution in [0, 0.1) is 5.92 Å². The van der Waals surface area contributed by atoms with Crippen molar-refractivity contribution in [3.05, 3.63) is 64.2 Å². The standard InChI is InChI=1S/C21H23NO/c1-13-14(2)16(4)21(15(13)3)19-11-10-17-8-6-7-9-18(17)20(19)12-22-23-5/h6-12,15H,1-5H3. The first-order valence-electron chi connectivity index (χ1n) is 8.03. The van der Waals surface area contributed by atoms with Crippen LogP contribution >= 0.6 is 0 Å². The van der Waals surface area contributed by atoms with E-state index in [1.807, 2.05) is 6.21 Å². The topological polar surface area (TPSA) is 21.6 Å². The third-order valence-electron chi connectivity index (χ3n) is 5.19. The third-order valence-corrected chi connectivity index (χ3v) is 5.19. The van der Waals surface area contributed by atoms with E-state index in [0.29, 0.717) is 5.92 Å². The molecule has 118 valence electrons. The van der Waals surface area contributed by atoms with E-state index in [4.69, 9.17) is 4.84 Å². The molecule has 0 saturated heterocycles. The molecule has 2 heteroatoms. The minimum atomic E-state index is 0.436. The Bertz CT molecular complexity index is 855. The van der Waals surface area contributed by atoms with Gasteiger partial charge in [-0.15, -0.1) is 0 Å². The van der Waals surface area contributed by atoms with Gasteiger partial charge in [0.2, 0.25) is 0 Å². The summed E-state index contributed by atoms with van der Waals surface area (Å²) in [6.45, 7) is 8.97. The first-order valence-corrected chi connectivity index (χ1v) is 8.03. The molecule has 2 nitrogen and oxygen atoms in total. The molecular weight excluding hydrogens is 282 g/mol. The summed E-state index contributed by atoms with van der Waals surface area (Å²) in [6.07, 6.45) is 1.84. The van der Waals surface area contributed by atoms with E-state index in [0.717, 1.165) is 5.56 Å². The van der Waals surface area contributed by atoms with Crippen molar-refractivity contribution in [1.82, 2.24) is 0 Å². The number of allylic oxidation sites excluding steroid dienone is 4. The lowest BCUT2D eigenvalue weighted by molar-refractivity contribution is 0.215. The maximum Gasteiger partial charge on any atom is 0.106 e. The van der Waals surface area contributed by atoms with E-state index in [1.54, 1.807) is 7.11 Å². The molecule has 1 aliphatic carbocycles. The highest BCUT2D eigenvalue weighted by atomic mass is 16.6. The Hall–Kier alpha value is -2.35. The monoisotopic (exact) mass is 305 g/mol. The lowest BCUT2D eigenvalue weighted by Crippen LogP contribution is -2.02. The van der Waals surface area contributed by atoms with Gasteiger partial charge >= 0.3 is 0 Å². The number of oxime groups is 1. The second-order valence-corrected chi connectivity index (χ2v) is 6.23. The zero-order valence-electron chi connectivity index (χ0n) is 14.5. The number of nitrogens with zero attached hydrogens (tertiary/aromatic N) is 1. The fourth-order valence-corrected chi connectivity index (χ4v) is 3.57. The summed E-state index contributed by atoms with van der Waals surface area (Å²) in [5.41, 5.74) is 8.05. The fourth-order valence-electron chi connectivity index (χ4n) is 3.57. The summed E-state index contributed by atoms with van der Waals surface area (Å²) in [5, 5.41) is 6.48. The molecule has 0 heterocycles. The van der Waals surface area contributed by atoms with Gasteiger partial charge in [0.25, 0.3) is 0 Å². The van der Waals surface area contributed by atoms with Crippen molar-refractivity contribution in [2.75, 3.05) is 7.11 Å². The average molecular weight is 305 g/mol. The van der Waals surface area contributed by atoms with Crippen LogP contribution in [0.5, 0.6) is 0 Å². The SMILES string of the molecule is CON=Cc1c(C2=C(C)C(C)=C(C)C2C)ccc2ccccc12. The molecule has 0 bridgehead atoms. The number of fused-ring (bicyclic) bond motifs is 1. The molecule has 0 spiro atoms. The molecule has 0 aliphatic heterocycles. The molecule has 0 radical (unpaired) electrons. The molecular formula is C21H23NO. The van der Waals surface area contributed by atoms with Crippen molar-refractivity contribution in [1.29, 1.82) is 0 Å². The second-order valence-electron chi connectivity index (χ2n) is 6.23. The number of hydrogen-bond donors (Lipinski definition) is 0. The quantitative estimate of drug-likeness (QED) is 0.536. The van der Waals surface area contributed by atoms with Crippen LogP contribution in [0.25, 0.3) is 16.3 Å². The van der Waals surface area contributed by atoms with E-state index in [2.05, 4.69) is 69.2 Å². The second kappa shape index (κ2) is 6.04. The lowest BCUT2D eigenvalue weighted by Gasteiger charge is -2.17. The van der Waals surface area contributed by atoms with Gasteiger partial charge in [-0.3, -0.25) is 0 Å². The summed E-state index contributed by atoms with van der Waals surface area (Å²) in [6, 6.07) is 12.9. The van der Waals surface area contributed by atoms with Crippen LogP contribution in [0.15, 0.2) is 58.3 Å². The van der Waals surface area contributed by atoms with Gasteiger partial charge in [0.15, 0.2) is 0 Å². The molecule has 0 saturated carbocycles. The van der Waals surface area contributed by atoms with Crippen LogP contribution in [-0.2, 0) is 4.84 Å². The van der Waals surface area contributed by atoms with Crippen LogP contribution in [0.2, 0.25) is 0 Å². The number of hydrogen-bond acceptors (Lipinski definition) is 2. The van der Waals surface area contributed by atoms with Crippen LogP contribution in [0.4, 0.5) is 0 Å². The van der Waals surface area contributed by atoms with Crippen molar-refractivity contribution in [3.8, 4) is 0 Å². The highest BCUT2D eigenvalue weighted by molar-refractivity contribution is 6.05. The Morgan fingerprint density at radius 3 is 2.39 bits per heavy atom. The van der Waals surface area contributed by atoms with Gasteiger partial charge in [-0.2, -0.15) is 0 Å². The third kappa shape index (κ3) is 2.48. The summed E-state index contributed by atoms with van der Waals surface area (Å²) < 4.78 is 0. The molecule has 2 aromatic carbocycles. The van der Waals surface area contributed by atoms with Crippen molar-refractivity contribution in [2.45, 2.75) is 27.7 Å². The van der Waals surface area contributed by atoms with Crippen molar-refractivity contribution in [2.24, 2.45) is 11.1 Å². The molecule has 0 fully saturated rings. The van der Waals surface area contributed by atoms with E-state index in [1.165, 1.54) is 38.6 Å². The molecule has 23 heavy (non-hydrogen) atoms. The molecule has 0 aromatic heterocycles. The summed E-state index contributed by atoms with van der Waals surface area (Å²) in [5.74, 6) is 0.436. The first kappa shape index (κ1) is 15.5. The lowest BCUT2D eigenvalue weighted by atomic mass is 9.87. The molecule has 1 atom stereocenters. The Balaban J connectivity index is 2.29. The molecule has 3 rings (SSSR count). The molecule has 1 aliphatic rings. The predicted octanol–water partition coefficient (Wildman–Crippen LogP) is 5.58. The first-order chi connectivity index (χ1) is 11.1. The highest BCUT2D eigenvalue weighted by Gasteiger charge is 2.26. The van der Waals surface area contributed by atoms with Gasteiger partial charge in [-0.1, -0.05) is 54.1 Å². The minimum absolute atomic E-state index is 0.436. The van der Waals surface area contributed by atoms with Gasteiger partial charge in [0.1, 0.15) is 7.11 Å². The van der Waals surface area contributed by atoms with Gasteiger partial charge in [-0.25, -0.2) is 0 Å². The van der Waals surface area contributed by atoms with Crippen molar-refractivity contribution < 1.29 is 4.84 Å². The maximum absolute atomic E-state index is 4.95.